The molecule has 0 spiro atoms. The minimum Gasteiger partial charge on any atom is -0.477 e. The van der Waals surface area contributed by atoms with Crippen LogP contribution in [-0.4, -0.2) is 53.8 Å². The van der Waals surface area contributed by atoms with Crippen LogP contribution >= 0.6 is 0 Å². The van der Waals surface area contributed by atoms with E-state index in [0.717, 1.165) is 30.9 Å². The van der Waals surface area contributed by atoms with E-state index in [1.807, 2.05) is 54.3 Å². The van der Waals surface area contributed by atoms with Crippen LogP contribution in [0.1, 0.15) is 31.7 Å². The summed E-state index contributed by atoms with van der Waals surface area (Å²) in [7, 11) is 0. The van der Waals surface area contributed by atoms with Crippen LogP contribution in [0.25, 0.3) is 0 Å². The van der Waals surface area contributed by atoms with E-state index in [1.165, 1.54) is 0 Å². The second-order valence-corrected chi connectivity index (χ2v) is 6.35. The number of carbonyl (C=O) groups excluding carboxylic acids is 1. The molecule has 1 atom stereocenters. The molecule has 6 heteroatoms. The molecule has 1 saturated heterocycles. The fourth-order valence-electron chi connectivity index (χ4n) is 3.32. The Morgan fingerprint density at radius 2 is 1.77 bits per heavy atom. The van der Waals surface area contributed by atoms with Gasteiger partial charge >= 0.3 is 0 Å². The average molecular weight is 354 g/mol. The summed E-state index contributed by atoms with van der Waals surface area (Å²) in [4.78, 5) is 17.1. The van der Waals surface area contributed by atoms with Gasteiger partial charge in [-0.3, -0.25) is 4.79 Å². The van der Waals surface area contributed by atoms with Crippen LogP contribution < -0.4 is 9.64 Å². The van der Waals surface area contributed by atoms with E-state index in [1.54, 1.807) is 0 Å². The summed E-state index contributed by atoms with van der Waals surface area (Å²) in [6, 6.07) is 13.8. The lowest BCUT2D eigenvalue weighted by Gasteiger charge is -2.36. The van der Waals surface area contributed by atoms with Crippen molar-refractivity contribution in [2.75, 3.05) is 37.7 Å². The van der Waals surface area contributed by atoms with Crippen LogP contribution in [0.5, 0.6) is 5.88 Å². The third-order valence-electron chi connectivity index (χ3n) is 4.74. The van der Waals surface area contributed by atoms with Crippen molar-refractivity contribution in [1.29, 1.82) is 0 Å². The van der Waals surface area contributed by atoms with Crippen molar-refractivity contribution in [3.63, 3.8) is 0 Å². The molecule has 1 aromatic heterocycles. The van der Waals surface area contributed by atoms with E-state index in [-0.39, 0.29) is 11.8 Å². The van der Waals surface area contributed by atoms with Crippen LogP contribution in [0.2, 0.25) is 0 Å². The zero-order valence-electron chi connectivity index (χ0n) is 15.5. The fraction of sp³-hybridized carbons (Fsp3) is 0.450. The Labute approximate surface area is 154 Å². The summed E-state index contributed by atoms with van der Waals surface area (Å²) in [6.07, 6.45) is 0.813. The van der Waals surface area contributed by atoms with Gasteiger partial charge in [0.1, 0.15) is 0 Å². The Morgan fingerprint density at radius 1 is 1.04 bits per heavy atom. The van der Waals surface area contributed by atoms with Crippen molar-refractivity contribution < 1.29 is 9.53 Å². The number of ether oxygens (including phenoxy) is 1. The van der Waals surface area contributed by atoms with Gasteiger partial charge < -0.3 is 14.5 Å². The minimum atomic E-state index is -0.0620. The van der Waals surface area contributed by atoms with Crippen molar-refractivity contribution in [2.24, 2.45) is 0 Å². The quantitative estimate of drug-likeness (QED) is 0.798. The van der Waals surface area contributed by atoms with Gasteiger partial charge in [-0.1, -0.05) is 37.3 Å². The average Bonchev–Trinajstić information content (AvgIpc) is 2.70. The van der Waals surface area contributed by atoms with Crippen LogP contribution in [0, 0.1) is 0 Å². The number of piperazine rings is 1. The van der Waals surface area contributed by atoms with E-state index in [4.69, 9.17) is 4.74 Å². The van der Waals surface area contributed by atoms with Gasteiger partial charge in [0.15, 0.2) is 5.82 Å². The van der Waals surface area contributed by atoms with Crippen molar-refractivity contribution in [2.45, 2.75) is 26.2 Å². The lowest BCUT2D eigenvalue weighted by Crippen LogP contribution is -2.50. The molecule has 0 N–H and O–H groups in total. The summed E-state index contributed by atoms with van der Waals surface area (Å²) < 4.78 is 5.33. The molecule has 0 aliphatic carbocycles. The first-order valence-corrected chi connectivity index (χ1v) is 9.28. The molecule has 1 aliphatic rings. The lowest BCUT2D eigenvalue weighted by molar-refractivity contribution is -0.133. The predicted molar refractivity (Wildman–Crippen MR) is 101 cm³/mol. The van der Waals surface area contributed by atoms with Gasteiger partial charge in [-0.15, -0.1) is 10.2 Å². The number of amides is 1. The molecule has 2 aromatic rings. The number of rotatable bonds is 6. The van der Waals surface area contributed by atoms with Gasteiger partial charge in [-0.25, -0.2) is 0 Å². The maximum atomic E-state index is 13.0. The zero-order chi connectivity index (χ0) is 18.4. The molecule has 0 saturated carbocycles. The van der Waals surface area contributed by atoms with Gasteiger partial charge in [-0.05, 0) is 25.0 Å². The van der Waals surface area contributed by atoms with Crippen LogP contribution in [0.4, 0.5) is 5.82 Å². The third-order valence-corrected chi connectivity index (χ3v) is 4.74. The van der Waals surface area contributed by atoms with Crippen molar-refractivity contribution in [3.8, 4) is 5.88 Å². The van der Waals surface area contributed by atoms with Crippen molar-refractivity contribution in [1.82, 2.24) is 15.1 Å². The molecule has 6 nitrogen and oxygen atoms in total. The van der Waals surface area contributed by atoms with E-state index >= 15 is 0 Å². The van der Waals surface area contributed by atoms with Crippen molar-refractivity contribution in [3.05, 3.63) is 48.0 Å². The number of benzene rings is 1. The van der Waals surface area contributed by atoms with Crippen molar-refractivity contribution >= 4 is 11.7 Å². The zero-order valence-corrected chi connectivity index (χ0v) is 15.5. The summed E-state index contributed by atoms with van der Waals surface area (Å²) in [5.74, 6) is 1.53. The highest BCUT2D eigenvalue weighted by Gasteiger charge is 2.27. The summed E-state index contributed by atoms with van der Waals surface area (Å²) in [5, 5.41) is 8.32. The van der Waals surface area contributed by atoms with E-state index in [0.29, 0.717) is 25.6 Å². The first-order valence-electron chi connectivity index (χ1n) is 9.28. The predicted octanol–water partition coefficient (Wildman–Crippen LogP) is 2.72. The van der Waals surface area contributed by atoms with E-state index in [9.17, 15) is 4.79 Å². The maximum Gasteiger partial charge on any atom is 0.233 e. The van der Waals surface area contributed by atoms with Crippen LogP contribution in [-0.2, 0) is 4.79 Å². The SMILES string of the molecule is CCOc1ccc(N2CCN(C(=O)C(CC)c3ccccc3)CC2)nn1. The largest absolute Gasteiger partial charge is 0.477 e. The summed E-state index contributed by atoms with van der Waals surface area (Å²) >= 11 is 0. The Bertz CT molecular complexity index is 698. The Kier molecular flexibility index (Phi) is 6.04. The highest BCUT2D eigenvalue weighted by Crippen LogP contribution is 2.23. The van der Waals surface area contributed by atoms with E-state index < -0.39 is 0 Å². The first kappa shape index (κ1) is 18.2. The number of carbonyl (C=O) groups is 1. The van der Waals surface area contributed by atoms with Gasteiger partial charge in [0.2, 0.25) is 11.8 Å². The first-order chi connectivity index (χ1) is 12.7. The molecular weight excluding hydrogens is 328 g/mol. The molecule has 1 unspecified atom stereocenters. The second-order valence-electron chi connectivity index (χ2n) is 6.35. The summed E-state index contributed by atoms with van der Waals surface area (Å²) in [6.45, 7) is 7.51. The van der Waals surface area contributed by atoms with Gasteiger partial charge in [-0.2, -0.15) is 0 Å². The molecule has 0 bridgehead atoms. The minimum absolute atomic E-state index is 0.0620. The molecule has 1 aromatic carbocycles. The molecule has 3 rings (SSSR count). The fourth-order valence-corrected chi connectivity index (χ4v) is 3.32. The third kappa shape index (κ3) is 4.12. The number of nitrogens with zero attached hydrogens (tertiary/aromatic N) is 4. The van der Waals surface area contributed by atoms with Crippen LogP contribution in [0.15, 0.2) is 42.5 Å². The molecule has 1 amide bonds. The molecule has 0 radical (unpaired) electrons. The maximum absolute atomic E-state index is 13.0. The molecular formula is C20H26N4O2. The molecule has 1 fully saturated rings. The Hall–Kier alpha value is -2.63. The number of hydrogen-bond donors (Lipinski definition) is 0. The number of aromatic nitrogens is 2. The van der Waals surface area contributed by atoms with Gasteiger partial charge in [0.05, 0.1) is 12.5 Å². The molecule has 2 heterocycles. The molecule has 1 aliphatic heterocycles. The number of anilines is 1. The standard InChI is InChI=1S/C20H26N4O2/c1-3-17(16-8-6-5-7-9-16)20(25)24-14-12-23(13-15-24)18-10-11-19(22-21-18)26-4-2/h5-11,17H,3-4,12-15H2,1-2H3. The normalized spacial score (nSPS) is 15.6. The Morgan fingerprint density at radius 3 is 2.35 bits per heavy atom. The van der Waals surface area contributed by atoms with Gasteiger partial charge in [0, 0.05) is 32.2 Å². The monoisotopic (exact) mass is 354 g/mol. The molecule has 138 valence electrons. The second kappa shape index (κ2) is 8.65. The summed E-state index contributed by atoms with van der Waals surface area (Å²) in [5.41, 5.74) is 1.10. The Balaban J connectivity index is 1.59. The highest BCUT2D eigenvalue weighted by molar-refractivity contribution is 5.84. The van der Waals surface area contributed by atoms with Gasteiger partial charge in [0.25, 0.3) is 0 Å². The van der Waals surface area contributed by atoms with Crippen LogP contribution in [0.3, 0.4) is 0 Å². The topological polar surface area (TPSA) is 58.6 Å². The molecule has 26 heavy (non-hydrogen) atoms. The van der Waals surface area contributed by atoms with E-state index in [2.05, 4.69) is 22.0 Å². The number of hydrogen-bond acceptors (Lipinski definition) is 5. The lowest BCUT2D eigenvalue weighted by atomic mass is 9.95. The smallest absolute Gasteiger partial charge is 0.233 e. The highest BCUT2D eigenvalue weighted by atomic mass is 16.5.